The molecule has 7 heteroatoms. The first-order valence-electron chi connectivity index (χ1n) is 6.24. The highest BCUT2D eigenvalue weighted by atomic mass is 16.5. The summed E-state index contributed by atoms with van der Waals surface area (Å²) < 4.78 is 10.3. The molecule has 2 heterocycles. The molecule has 0 aromatic carbocycles. The smallest absolute Gasteiger partial charge is 0.245 e. The number of nitrogens with zero attached hydrogens (tertiary/aromatic N) is 2. The maximum Gasteiger partial charge on any atom is 0.245 e. The highest BCUT2D eigenvalue weighted by molar-refractivity contribution is 5.83. The number of aromatic nitrogens is 2. The van der Waals surface area contributed by atoms with E-state index < -0.39 is 0 Å². The van der Waals surface area contributed by atoms with Crippen molar-refractivity contribution in [1.29, 1.82) is 0 Å². The standard InChI is InChI=1S/C13H14N4O3/c1-19-11-4-5-14-13(15-11)17-16-12(18)9-7-8(9)10-3-2-6-20-10/h2-6,8-9H,7H2,1H3,(H,16,18)(H,14,15,17). The lowest BCUT2D eigenvalue weighted by Gasteiger charge is -2.07. The van der Waals surface area contributed by atoms with Crippen LogP contribution in [-0.4, -0.2) is 23.0 Å². The lowest BCUT2D eigenvalue weighted by Crippen LogP contribution is -2.31. The quantitative estimate of drug-likeness (QED) is 0.799. The summed E-state index contributed by atoms with van der Waals surface area (Å²) in [6.07, 6.45) is 3.95. The summed E-state index contributed by atoms with van der Waals surface area (Å²) in [4.78, 5) is 19.9. The molecule has 7 nitrogen and oxygen atoms in total. The Kier molecular flexibility index (Phi) is 3.24. The minimum absolute atomic E-state index is 0.0701. The van der Waals surface area contributed by atoms with Gasteiger partial charge in [-0.3, -0.25) is 15.6 Å². The van der Waals surface area contributed by atoms with E-state index in [9.17, 15) is 4.79 Å². The molecule has 2 N–H and O–H groups in total. The van der Waals surface area contributed by atoms with Gasteiger partial charge >= 0.3 is 0 Å². The van der Waals surface area contributed by atoms with E-state index in [1.54, 1.807) is 18.5 Å². The first kappa shape index (κ1) is 12.5. The van der Waals surface area contributed by atoms with Crippen molar-refractivity contribution in [2.75, 3.05) is 12.5 Å². The van der Waals surface area contributed by atoms with Crippen LogP contribution in [0.5, 0.6) is 5.88 Å². The molecule has 20 heavy (non-hydrogen) atoms. The van der Waals surface area contributed by atoms with E-state index in [1.165, 1.54) is 7.11 Å². The number of hydrogen-bond acceptors (Lipinski definition) is 6. The Labute approximate surface area is 115 Å². The van der Waals surface area contributed by atoms with Gasteiger partial charge < -0.3 is 9.15 Å². The van der Waals surface area contributed by atoms with Crippen LogP contribution in [0.4, 0.5) is 5.95 Å². The zero-order valence-corrected chi connectivity index (χ0v) is 10.9. The molecule has 2 aromatic heterocycles. The fourth-order valence-electron chi connectivity index (χ4n) is 2.03. The molecule has 2 atom stereocenters. The van der Waals surface area contributed by atoms with Crippen LogP contribution in [0.1, 0.15) is 18.1 Å². The van der Waals surface area contributed by atoms with E-state index >= 15 is 0 Å². The second-order valence-corrected chi connectivity index (χ2v) is 4.50. The number of anilines is 1. The Hall–Kier alpha value is -2.57. The number of hydrazine groups is 1. The number of rotatable bonds is 5. The third kappa shape index (κ3) is 2.56. The average Bonchev–Trinajstić information content (AvgIpc) is 3.11. The van der Waals surface area contributed by atoms with Gasteiger partial charge in [0, 0.05) is 18.2 Å². The number of hydrogen-bond donors (Lipinski definition) is 2. The zero-order chi connectivity index (χ0) is 13.9. The number of carbonyl (C=O) groups excluding carboxylic acids is 1. The summed E-state index contributed by atoms with van der Waals surface area (Å²) in [7, 11) is 1.52. The maximum atomic E-state index is 11.9. The maximum absolute atomic E-state index is 11.9. The Balaban J connectivity index is 1.53. The minimum Gasteiger partial charge on any atom is -0.481 e. The molecule has 1 amide bonds. The van der Waals surface area contributed by atoms with E-state index in [2.05, 4.69) is 20.8 Å². The van der Waals surface area contributed by atoms with Crippen molar-refractivity contribution in [2.45, 2.75) is 12.3 Å². The molecule has 0 aliphatic heterocycles. The number of furan rings is 1. The topological polar surface area (TPSA) is 89.3 Å². The highest BCUT2D eigenvalue weighted by Crippen LogP contribution is 2.47. The lowest BCUT2D eigenvalue weighted by molar-refractivity contribution is -0.121. The van der Waals surface area contributed by atoms with Crippen LogP contribution >= 0.6 is 0 Å². The Bertz CT molecular complexity index is 599. The van der Waals surface area contributed by atoms with Crippen LogP contribution in [0.2, 0.25) is 0 Å². The predicted molar refractivity (Wildman–Crippen MR) is 69.9 cm³/mol. The highest BCUT2D eigenvalue weighted by Gasteiger charge is 2.45. The Morgan fingerprint density at radius 3 is 3.15 bits per heavy atom. The molecular weight excluding hydrogens is 260 g/mol. The van der Waals surface area contributed by atoms with Crippen molar-refractivity contribution in [3.05, 3.63) is 36.4 Å². The van der Waals surface area contributed by atoms with Crippen LogP contribution in [0.25, 0.3) is 0 Å². The molecule has 0 bridgehead atoms. The summed E-state index contributed by atoms with van der Waals surface area (Å²) >= 11 is 0. The van der Waals surface area contributed by atoms with E-state index in [1.807, 2.05) is 12.1 Å². The predicted octanol–water partition coefficient (Wildman–Crippen LogP) is 1.32. The SMILES string of the molecule is COc1ccnc(NNC(=O)C2CC2c2ccco2)n1. The first-order chi connectivity index (χ1) is 9.78. The molecule has 1 aliphatic rings. The van der Waals surface area contributed by atoms with Crippen LogP contribution in [0, 0.1) is 5.92 Å². The zero-order valence-electron chi connectivity index (χ0n) is 10.9. The van der Waals surface area contributed by atoms with Crippen LogP contribution < -0.4 is 15.6 Å². The summed E-state index contributed by atoms with van der Waals surface area (Å²) in [6.45, 7) is 0. The lowest BCUT2D eigenvalue weighted by atomic mass is 10.2. The molecule has 1 fully saturated rings. The summed E-state index contributed by atoms with van der Waals surface area (Å²) in [5, 5.41) is 0. The molecule has 104 valence electrons. The van der Waals surface area contributed by atoms with Gasteiger partial charge in [-0.05, 0) is 18.6 Å². The fourth-order valence-corrected chi connectivity index (χ4v) is 2.03. The second-order valence-electron chi connectivity index (χ2n) is 4.50. The number of ether oxygens (including phenoxy) is 1. The van der Waals surface area contributed by atoms with E-state index in [0.29, 0.717) is 5.88 Å². The van der Waals surface area contributed by atoms with Gasteiger partial charge in [-0.15, -0.1) is 0 Å². The number of methoxy groups -OCH3 is 1. The number of nitrogens with one attached hydrogen (secondary N) is 2. The van der Waals surface area contributed by atoms with E-state index in [0.717, 1.165) is 12.2 Å². The third-order valence-corrected chi connectivity index (χ3v) is 3.17. The molecule has 2 aromatic rings. The normalized spacial score (nSPS) is 20.2. The molecular formula is C13H14N4O3. The average molecular weight is 274 g/mol. The van der Waals surface area contributed by atoms with Crippen LogP contribution in [-0.2, 0) is 4.79 Å². The first-order valence-corrected chi connectivity index (χ1v) is 6.24. The van der Waals surface area contributed by atoms with Crippen LogP contribution in [0.15, 0.2) is 35.1 Å². The Morgan fingerprint density at radius 1 is 1.50 bits per heavy atom. The summed E-state index contributed by atoms with van der Waals surface area (Å²) in [5.74, 6) is 1.56. The van der Waals surface area contributed by atoms with Gasteiger partial charge in [0.15, 0.2) is 0 Å². The van der Waals surface area contributed by atoms with Gasteiger partial charge in [0.25, 0.3) is 0 Å². The van der Waals surface area contributed by atoms with Gasteiger partial charge in [0.1, 0.15) is 5.76 Å². The monoisotopic (exact) mass is 274 g/mol. The molecule has 1 aliphatic carbocycles. The minimum atomic E-state index is -0.0992. The molecule has 1 saturated carbocycles. The number of amides is 1. The van der Waals surface area contributed by atoms with Gasteiger partial charge in [0.05, 0.1) is 19.3 Å². The van der Waals surface area contributed by atoms with Crippen molar-refractivity contribution < 1.29 is 13.9 Å². The number of carbonyl (C=O) groups is 1. The van der Waals surface area contributed by atoms with Crippen molar-refractivity contribution >= 4 is 11.9 Å². The van der Waals surface area contributed by atoms with Crippen molar-refractivity contribution in [3.63, 3.8) is 0 Å². The van der Waals surface area contributed by atoms with E-state index in [-0.39, 0.29) is 23.7 Å². The molecule has 2 unspecified atom stereocenters. The van der Waals surface area contributed by atoms with Gasteiger partial charge in [-0.2, -0.15) is 4.98 Å². The van der Waals surface area contributed by atoms with Crippen molar-refractivity contribution in [1.82, 2.24) is 15.4 Å². The van der Waals surface area contributed by atoms with Gasteiger partial charge in [0.2, 0.25) is 17.7 Å². The Morgan fingerprint density at radius 2 is 2.40 bits per heavy atom. The van der Waals surface area contributed by atoms with Crippen LogP contribution in [0.3, 0.4) is 0 Å². The largest absolute Gasteiger partial charge is 0.481 e. The third-order valence-electron chi connectivity index (χ3n) is 3.17. The van der Waals surface area contributed by atoms with Gasteiger partial charge in [-0.25, -0.2) is 4.98 Å². The molecule has 3 rings (SSSR count). The van der Waals surface area contributed by atoms with Crippen molar-refractivity contribution in [2.24, 2.45) is 5.92 Å². The summed E-state index contributed by atoms with van der Waals surface area (Å²) in [5.41, 5.74) is 5.27. The van der Waals surface area contributed by atoms with E-state index in [4.69, 9.17) is 9.15 Å². The fraction of sp³-hybridized carbons (Fsp3) is 0.308. The molecule has 0 radical (unpaired) electrons. The molecule has 0 saturated heterocycles. The van der Waals surface area contributed by atoms with Crippen molar-refractivity contribution in [3.8, 4) is 5.88 Å². The second kappa shape index (κ2) is 5.20. The molecule has 0 spiro atoms. The summed E-state index contributed by atoms with van der Waals surface area (Å²) in [6, 6.07) is 5.34. The van der Waals surface area contributed by atoms with Gasteiger partial charge in [-0.1, -0.05) is 0 Å².